The van der Waals surface area contributed by atoms with E-state index in [9.17, 15) is 9.59 Å². The number of methoxy groups -OCH3 is 1. The predicted molar refractivity (Wildman–Crippen MR) is 94.1 cm³/mol. The minimum atomic E-state index is -0.220. The average molecular weight is 334 g/mol. The highest BCUT2D eigenvalue weighted by molar-refractivity contribution is 5.91. The first kappa shape index (κ1) is 19.5. The van der Waals surface area contributed by atoms with Crippen molar-refractivity contribution >= 4 is 17.9 Å². The number of rotatable bonds is 10. The molecule has 0 bridgehead atoms. The highest BCUT2D eigenvalue weighted by Gasteiger charge is 2.05. The van der Waals surface area contributed by atoms with Crippen molar-refractivity contribution in [3.8, 4) is 11.5 Å². The Morgan fingerprint density at radius 3 is 2.58 bits per heavy atom. The van der Waals surface area contributed by atoms with Gasteiger partial charge in [-0.2, -0.15) is 0 Å². The molecule has 0 spiro atoms. The molecule has 0 atom stereocenters. The zero-order valence-corrected chi connectivity index (χ0v) is 14.6. The molecule has 0 aliphatic carbocycles. The van der Waals surface area contributed by atoms with Crippen LogP contribution in [-0.2, 0) is 9.59 Å². The summed E-state index contributed by atoms with van der Waals surface area (Å²) in [7, 11) is 1.59. The third-order valence-electron chi connectivity index (χ3n) is 3.17. The molecule has 0 saturated heterocycles. The van der Waals surface area contributed by atoms with Crippen LogP contribution in [0.5, 0.6) is 11.5 Å². The quantitative estimate of drug-likeness (QED) is 0.508. The second-order valence-electron chi connectivity index (χ2n) is 5.22. The van der Waals surface area contributed by atoms with Gasteiger partial charge in [-0.1, -0.05) is 19.4 Å². The Balaban J connectivity index is 2.54. The molecule has 1 aromatic rings. The smallest absolute Gasteiger partial charge is 0.244 e. The summed E-state index contributed by atoms with van der Waals surface area (Å²) in [6.07, 6.45) is 5.20. The summed E-state index contributed by atoms with van der Waals surface area (Å²) >= 11 is 0. The topological polar surface area (TPSA) is 76.7 Å². The Morgan fingerprint density at radius 2 is 1.92 bits per heavy atom. The summed E-state index contributed by atoms with van der Waals surface area (Å²) in [4.78, 5) is 22.4. The molecule has 0 saturated carbocycles. The molecule has 6 nitrogen and oxygen atoms in total. The van der Waals surface area contributed by atoms with E-state index in [2.05, 4.69) is 17.6 Å². The van der Waals surface area contributed by atoms with E-state index in [1.165, 1.54) is 13.0 Å². The van der Waals surface area contributed by atoms with Crippen molar-refractivity contribution in [3.63, 3.8) is 0 Å². The van der Waals surface area contributed by atoms with E-state index < -0.39 is 0 Å². The van der Waals surface area contributed by atoms with Gasteiger partial charge >= 0.3 is 0 Å². The Hall–Kier alpha value is -2.50. The molecule has 1 aromatic carbocycles. The van der Waals surface area contributed by atoms with E-state index in [1.807, 2.05) is 18.2 Å². The SMILES string of the molecule is CCCCOc1ccc(C=CC(=O)NCCNC(C)=O)cc1OC. The van der Waals surface area contributed by atoms with E-state index >= 15 is 0 Å². The first-order valence-electron chi connectivity index (χ1n) is 8.08. The second-order valence-corrected chi connectivity index (χ2v) is 5.22. The van der Waals surface area contributed by atoms with Crippen LogP contribution in [0.4, 0.5) is 0 Å². The van der Waals surface area contributed by atoms with Gasteiger partial charge in [0.2, 0.25) is 11.8 Å². The number of carbonyl (C=O) groups excluding carboxylic acids is 2. The van der Waals surface area contributed by atoms with Crippen LogP contribution in [0.2, 0.25) is 0 Å². The van der Waals surface area contributed by atoms with Gasteiger partial charge in [0.25, 0.3) is 0 Å². The predicted octanol–water partition coefficient (Wildman–Crippen LogP) is 2.14. The fraction of sp³-hybridized carbons (Fsp3) is 0.444. The van der Waals surface area contributed by atoms with Crippen LogP contribution in [0.3, 0.4) is 0 Å². The Morgan fingerprint density at radius 1 is 1.17 bits per heavy atom. The fourth-order valence-corrected chi connectivity index (χ4v) is 1.89. The number of unbranched alkanes of at least 4 members (excludes halogenated alkanes) is 1. The molecule has 0 unspecified atom stereocenters. The van der Waals surface area contributed by atoms with Crippen molar-refractivity contribution < 1.29 is 19.1 Å². The van der Waals surface area contributed by atoms with E-state index in [0.717, 1.165) is 18.4 Å². The van der Waals surface area contributed by atoms with Crippen LogP contribution in [-0.4, -0.2) is 38.6 Å². The van der Waals surface area contributed by atoms with Crippen molar-refractivity contribution in [2.24, 2.45) is 0 Å². The van der Waals surface area contributed by atoms with Gasteiger partial charge in [0.15, 0.2) is 11.5 Å². The van der Waals surface area contributed by atoms with Crippen LogP contribution < -0.4 is 20.1 Å². The Kier molecular flexibility index (Phi) is 9.04. The molecule has 0 aromatic heterocycles. The Labute approximate surface area is 143 Å². The van der Waals surface area contributed by atoms with Crippen LogP contribution in [0.25, 0.3) is 6.08 Å². The molecule has 24 heavy (non-hydrogen) atoms. The number of ether oxygens (including phenoxy) is 2. The third-order valence-corrected chi connectivity index (χ3v) is 3.17. The number of amides is 2. The molecule has 2 N–H and O–H groups in total. The van der Waals surface area contributed by atoms with E-state index in [-0.39, 0.29) is 11.8 Å². The minimum absolute atomic E-state index is 0.117. The van der Waals surface area contributed by atoms with Crippen LogP contribution in [0.1, 0.15) is 32.3 Å². The molecule has 0 aliphatic rings. The first-order chi connectivity index (χ1) is 11.6. The zero-order valence-electron chi connectivity index (χ0n) is 14.6. The van der Waals surface area contributed by atoms with Crippen LogP contribution in [0.15, 0.2) is 24.3 Å². The fourth-order valence-electron chi connectivity index (χ4n) is 1.89. The lowest BCUT2D eigenvalue weighted by molar-refractivity contribution is -0.119. The summed E-state index contributed by atoms with van der Waals surface area (Å²) in [5, 5.41) is 5.29. The number of carbonyl (C=O) groups is 2. The van der Waals surface area contributed by atoms with Crippen molar-refractivity contribution in [1.29, 1.82) is 0 Å². The molecule has 132 valence electrons. The van der Waals surface area contributed by atoms with Gasteiger partial charge in [0, 0.05) is 26.1 Å². The van der Waals surface area contributed by atoms with Gasteiger partial charge in [-0.3, -0.25) is 9.59 Å². The highest BCUT2D eigenvalue weighted by Crippen LogP contribution is 2.28. The Bertz CT molecular complexity index is 570. The maximum absolute atomic E-state index is 11.7. The molecule has 2 amide bonds. The minimum Gasteiger partial charge on any atom is -0.493 e. The van der Waals surface area contributed by atoms with Crippen molar-refractivity contribution in [1.82, 2.24) is 10.6 Å². The lowest BCUT2D eigenvalue weighted by atomic mass is 10.2. The summed E-state index contributed by atoms with van der Waals surface area (Å²) in [5.41, 5.74) is 0.840. The normalized spacial score (nSPS) is 10.5. The molecular formula is C18H26N2O4. The standard InChI is InChI=1S/C18H26N2O4/c1-4-5-12-24-16-8-6-15(13-17(16)23-3)7-9-18(22)20-11-10-19-14(2)21/h6-9,13H,4-5,10-12H2,1-3H3,(H,19,21)(H,20,22). The van der Waals surface area contributed by atoms with Gasteiger partial charge in [-0.25, -0.2) is 0 Å². The van der Waals surface area contributed by atoms with Crippen molar-refractivity contribution in [3.05, 3.63) is 29.8 Å². The number of benzene rings is 1. The van der Waals surface area contributed by atoms with Gasteiger partial charge in [-0.05, 0) is 30.2 Å². The third kappa shape index (κ3) is 7.67. The second kappa shape index (κ2) is 11.1. The van der Waals surface area contributed by atoms with E-state index in [0.29, 0.717) is 31.2 Å². The van der Waals surface area contributed by atoms with Gasteiger partial charge in [0.05, 0.1) is 13.7 Å². The summed E-state index contributed by atoms with van der Waals surface area (Å²) < 4.78 is 11.0. The molecule has 0 aliphatic heterocycles. The summed E-state index contributed by atoms with van der Waals surface area (Å²) in [6, 6.07) is 5.52. The monoisotopic (exact) mass is 334 g/mol. The number of hydrogen-bond acceptors (Lipinski definition) is 4. The lowest BCUT2D eigenvalue weighted by Gasteiger charge is -2.11. The molecule has 0 radical (unpaired) electrons. The van der Waals surface area contributed by atoms with Crippen molar-refractivity contribution in [2.75, 3.05) is 26.8 Å². The lowest BCUT2D eigenvalue weighted by Crippen LogP contribution is -2.32. The largest absolute Gasteiger partial charge is 0.493 e. The van der Waals surface area contributed by atoms with Crippen LogP contribution in [0, 0.1) is 0 Å². The van der Waals surface area contributed by atoms with Crippen LogP contribution >= 0.6 is 0 Å². The molecule has 0 fully saturated rings. The molecular weight excluding hydrogens is 308 g/mol. The molecule has 0 heterocycles. The molecule has 6 heteroatoms. The average Bonchev–Trinajstić information content (AvgIpc) is 2.57. The number of hydrogen-bond donors (Lipinski definition) is 2. The highest BCUT2D eigenvalue weighted by atomic mass is 16.5. The van der Waals surface area contributed by atoms with Crippen molar-refractivity contribution in [2.45, 2.75) is 26.7 Å². The van der Waals surface area contributed by atoms with E-state index in [4.69, 9.17) is 9.47 Å². The van der Waals surface area contributed by atoms with E-state index in [1.54, 1.807) is 13.2 Å². The van der Waals surface area contributed by atoms with Gasteiger partial charge in [-0.15, -0.1) is 0 Å². The first-order valence-corrected chi connectivity index (χ1v) is 8.08. The summed E-state index contributed by atoms with van der Waals surface area (Å²) in [5.74, 6) is 0.998. The van der Waals surface area contributed by atoms with Gasteiger partial charge < -0.3 is 20.1 Å². The number of nitrogens with one attached hydrogen (secondary N) is 2. The zero-order chi connectivity index (χ0) is 17.8. The maximum atomic E-state index is 11.7. The summed E-state index contributed by atoms with van der Waals surface area (Å²) in [6.45, 7) is 4.99. The molecule has 1 rings (SSSR count). The van der Waals surface area contributed by atoms with Gasteiger partial charge in [0.1, 0.15) is 0 Å². The maximum Gasteiger partial charge on any atom is 0.244 e.